The van der Waals surface area contributed by atoms with E-state index in [1.54, 1.807) is 25.6 Å². The lowest BCUT2D eigenvalue weighted by molar-refractivity contribution is -0.131. The largest absolute Gasteiger partial charge is 0.497 e. The van der Waals surface area contributed by atoms with Crippen molar-refractivity contribution in [3.8, 4) is 5.75 Å². The minimum atomic E-state index is -1.00. The minimum absolute atomic E-state index is 0.0353. The average molecular weight is 412 g/mol. The van der Waals surface area contributed by atoms with Crippen molar-refractivity contribution in [1.29, 1.82) is 0 Å². The first-order valence-corrected chi connectivity index (χ1v) is 10.0. The topological polar surface area (TPSA) is 93.0 Å². The van der Waals surface area contributed by atoms with Gasteiger partial charge < -0.3 is 10.1 Å². The fourth-order valence-corrected chi connectivity index (χ4v) is 4.12. The van der Waals surface area contributed by atoms with Gasteiger partial charge in [-0.15, -0.1) is 11.3 Å². The highest BCUT2D eigenvalue weighted by molar-refractivity contribution is 7.15. The number of carbonyl (C=O) groups is 2. The highest BCUT2D eigenvalue weighted by Crippen LogP contribution is 2.25. The lowest BCUT2D eigenvalue weighted by Gasteiger charge is -2.21. The zero-order chi connectivity index (χ0) is 20.6. The number of nitrogens with one attached hydrogen (secondary N) is 1. The standard InChI is InChI=1S/C20H20N4O4S/c1-20(8-7-13-3-5-15(28-2)6-4-13)17(26)24(18(27)22-20)12-14-11-16(25)23-9-10-29-19(23)21-14/h3-6,9-11H,7-8,12H2,1-2H3,(H,22,27)/t20-/m1/s1. The summed E-state index contributed by atoms with van der Waals surface area (Å²) in [6.07, 6.45) is 2.73. The molecule has 1 fully saturated rings. The minimum Gasteiger partial charge on any atom is -0.497 e. The van der Waals surface area contributed by atoms with E-state index in [2.05, 4.69) is 10.3 Å². The summed E-state index contributed by atoms with van der Waals surface area (Å²) in [5.74, 6) is 0.451. The van der Waals surface area contributed by atoms with Crippen molar-refractivity contribution in [2.24, 2.45) is 0 Å². The zero-order valence-electron chi connectivity index (χ0n) is 16.0. The Morgan fingerprint density at radius 1 is 1.21 bits per heavy atom. The molecule has 1 aliphatic heterocycles. The van der Waals surface area contributed by atoms with Crippen LogP contribution < -0.4 is 15.6 Å². The van der Waals surface area contributed by atoms with Gasteiger partial charge in [0, 0.05) is 17.6 Å². The summed E-state index contributed by atoms with van der Waals surface area (Å²) >= 11 is 1.32. The van der Waals surface area contributed by atoms with Gasteiger partial charge in [0.05, 0.1) is 19.3 Å². The normalized spacial score (nSPS) is 19.0. The Hall–Kier alpha value is -3.20. The maximum absolute atomic E-state index is 13.0. The number of aromatic nitrogens is 2. The monoisotopic (exact) mass is 412 g/mol. The van der Waals surface area contributed by atoms with E-state index in [0.29, 0.717) is 23.5 Å². The third-order valence-corrected chi connectivity index (χ3v) is 5.85. The summed E-state index contributed by atoms with van der Waals surface area (Å²) in [5.41, 5.74) is 0.199. The molecule has 0 aliphatic carbocycles. The summed E-state index contributed by atoms with van der Waals surface area (Å²) in [6, 6.07) is 8.49. The molecule has 0 bridgehead atoms. The van der Waals surface area contributed by atoms with Gasteiger partial charge in [0.1, 0.15) is 11.3 Å². The van der Waals surface area contributed by atoms with E-state index in [-0.39, 0.29) is 18.0 Å². The van der Waals surface area contributed by atoms with E-state index in [1.807, 2.05) is 24.3 Å². The lowest BCUT2D eigenvalue weighted by atomic mass is 9.93. The smallest absolute Gasteiger partial charge is 0.325 e. The Labute approximate surface area is 170 Å². The summed E-state index contributed by atoms with van der Waals surface area (Å²) in [4.78, 5) is 43.6. The molecule has 1 aromatic carbocycles. The quantitative estimate of drug-likeness (QED) is 0.627. The molecule has 0 spiro atoms. The zero-order valence-corrected chi connectivity index (χ0v) is 16.9. The first kappa shape index (κ1) is 19.1. The average Bonchev–Trinajstić information content (AvgIpc) is 3.26. The number of hydrogen-bond acceptors (Lipinski definition) is 6. The van der Waals surface area contributed by atoms with Gasteiger partial charge in [0.15, 0.2) is 4.96 Å². The molecule has 1 saturated heterocycles. The Morgan fingerprint density at radius 3 is 2.69 bits per heavy atom. The number of rotatable bonds is 6. The van der Waals surface area contributed by atoms with Crippen LogP contribution in [0.3, 0.4) is 0 Å². The fraction of sp³-hybridized carbons (Fsp3) is 0.300. The van der Waals surface area contributed by atoms with Crippen LogP contribution in [0.2, 0.25) is 0 Å². The molecule has 1 aliphatic rings. The number of fused-ring (bicyclic) bond motifs is 1. The lowest BCUT2D eigenvalue weighted by Crippen LogP contribution is -2.44. The Kier molecular flexibility index (Phi) is 4.83. The van der Waals surface area contributed by atoms with Crippen LogP contribution in [0.15, 0.2) is 46.7 Å². The fourth-order valence-electron chi connectivity index (χ4n) is 3.38. The Balaban J connectivity index is 1.48. The maximum atomic E-state index is 13.0. The van der Waals surface area contributed by atoms with Crippen molar-refractivity contribution in [2.75, 3.05) is 7.11 Å². The van der Waals surface area contributed by atoms with E-state index < -0.39 is 11.6 Å². The number of methoxy groups -OCH3 is 1. The molecule has 9 heteroatoms. The number of thiazole rings is 1. The summed E-state index contributed by atoms with van der Waals surface area (Å²) in [6.45, 7) is 1.69. The number of ether oxygens (including phenoxy) is 1. The summed E-state index contributed by atoms with van der Waals surface area (Å²) < 4.78 is 6.58. The number of imide groups is 1. The van der Waals surface area contributed by atoms with Crippen molar-refractivity contribution in [3.63, 3.8) is 0 Å². The molecule has 1 N–H and O–H groups in total. The van der Waals surface area contributed by atoms with Crippen molar-refractivity contribution in [3.05, 3.63) is 63.5 Å². The molecule has 0 saturated carbocycles. The van der Waals surface area contributed by atoms with Crippen molar-refractivity contribution in [2.45, 2.75) is 31.8 Å². The molecule has 0 unspecified atom stereocenters. The van der Waals surface area contributed by atoms with Gasteiger partial charge in [0.2, 0.25) is 0 Å². The highest BCUT2D eigenvalue weighted by atomic mass is 32.1. The first-order valence-electron chi connectivity index (χ1n) is 9.12. The molecule has 150 valence electrons. The number of carbonyl (C=O) groups excluding carboxylic acids is 2. The van der Waals surface area contributed by atoms with Gasteiger partial charge in [-0.25, -0.2) is 9.78 Å². The number of nitrogens with zero attached hydrogens (tertiary/aromatic N) is 3. The van der Waals surface area contributed by atoms with E-state index in [4.69, 9.17) is 4.74 Å². The molecule has 29 heavy (non-hydrogen) atoms. The summed E-state index contributed by atoms with van der Waals surface area (Å²) in [7, 11) is 1.61. The van der Waals surface area contributed by atoms with Crippen LogP contribution >= 0.6 is 11.3 Å². The van der Waals surface area contributed by atoms with Gasteiger partial charge in [0.25, 0.3) is 11.5 Å². The van der Waals surface area contributed by atoms with Crippen molar-refractivity contribution in [1.82, 2.24) is 19.6 Å². The number of hydrogen-bond donors (Lipinski definition) is 1. The molecule has 3 amide bonds. The molecule has 0 radical (unpaired) electrons. The third-order valence-electron chi connectivity index (χ3n) is 5.09. The van der Waals surface area contributed by atoms with Gasteiger partial charge in [-0.2, -0.15) is 0 Å². The molecule has 4 rings (SSSR count). The Morgan fingerprint density at radius 2 is 1.97 bits per heavy atom. The van der Waals surface area contributed by atoms with Gasteiger partial charge in [-0.1, -0.05) is 12.1 Å². The van der Waals surface area contributed by atoms with Crippen LogP contribution in [0.4, 0.5) is 4.79 Å². The second-order valence-electron chi connectivity index (χ2n) is 7.14. The SMILES string of the molecule is COc1ccc(CC[C@@]2(C)NC(=O)N(Cc3cc(=O)n4ccsc4n3)C2=O)cc1. The van der Waals surface area contributed by atoms with E-state index in [9.17, 15) is 14.4 Å². The number of aryl methyl sites for hydroxylation is 1. The van der Waals surface area contributed by atoms with E-state index in [1.165, 1.54) is 21.8 Å². The molecule has 2 aromatic heterocycles. The Bertz CT molecular complexity index is 1140. The number of benzene rings is 1. The summed E-state index contributed by atoms with van der Waals surface area (Å²) in [5, 5.41) is 4.56. The van der Waals surface area contributed by atoms with Crippen molar-refractivity contribution < 1.29 is 14.3 Å². The second kappa shape index (κ2) is 7.32. The number of urea groups is 1. The molecule has 3 heterocycles. The first-order chi connectivity index (χ1) is 13.9. The molecular weight excluding hydrogens is 392 g/mol. The molecule has 1 atom stereocenters. The second-order valence-corrected chi connectivity index (χ2v) is 8.02. The maximum Gasteiger partial charge on any atom is 0.325 e. The predicted molar refractivity (Wildman–Crippen MR) is 108 cm³/mol. The van der Waals surface area contributed by atoms with Crippen LogP contribution in [0.1, 0.15) is 24.6 Å². The predicted octanol–water partition coefficient (Wildman–Crippen LogP) is 2.21. The van der Waals surface area contributed by atoms with Crippen LogP contribution in [-0.2, 0) is 17.8 Å². The van der Waals surface area contributed by atoms with Gasteiger partial charge >= 0.3 is 6.03 Å². The van der Waals surface area contributed by atoms with Crippen LogP contribution in [0.25, 0.3) is 4.96 Å². The molecule has 8 nitrogen and oxygen atoms in total. The van der Waals surface area contributed by atoms with Crippen LogP contribution in [0.5, 0.6) is 5.75 Å². The number of amides is 3. The van der Waals surface area contributed by atoms with Gasteiger partial charge in [-0.05, 0) is 37.5 Å². The van der Waals surface area contributed by atoms with Crippen LogP contribution in [-0.4, -0.2) is 38.9 Å². The molecular formula is C20H20N4O4S. The molecule has 3 aromatic rings. The van der Waals surface area contributed by atoms with E-state index in [0.717, 1.165) is 16.2 Å². The van der Waals surface area contributed by atoms with Gasteiger partial charge in [-0.3, -0.25) is 18.9 Å². The van der Waals surface area contributed by atoms with E-state index >= 15 is 0 Å². The van der Waals surface area contributed by atoms with Crippen LogP contribution in [0, 0.1) is 0 Å². The van der Waals surface area contributed by atoms with Crippen molar-refractivity contribution >= 4 is 28.2 Å². The third kappa shape index (κ3) is 3.61. The highest BCUT2D eigenvalue weighted by Gasteiger charge is 2.47.